The fraction of sp³-hybridized carbons (Fsp3) is 0.818. The van der Waals surface area contributed by atoms with Crippen molar-refractivity contribution >= 4 is 0 Å². The Balaban J connectivity index is 2.06. The number of rotatable bonds is 7. The molecule has 0 saturated heterocycles. The van der Waals surface area contributed by atoms with Gasteiger partial charge in [0.25, 0.3) is 0 Å². The van der Waals surface area contributed by atoms with Gasteiger partial charge in [0.15, 0.2) is 0 Å². The molecule has 1 aliphatic carbocycles. The van der Waals surface area contributed by atoms with Crippen molar-refractivity contribution in [3.8, 4) is 0 Å². The Kier molecular flexibility index (Phi) is 5.09. The molecule has 1 fully saturated rings. The van der Waals surface area contributed by atoms with Crippen LogP contribution in [0.15, 0.2) is 12.7 Å². The number of nitrogens with one attached hydrogen (secondary N) is 1. The molecule has 0 aliphatic heterocycles. The fourth-order valence-corrected chi connectivity index (χ4v) is 1.91. The Morgan fingerprint density at radius 3 is 2.77 bits per heavy atom. The van der Waals surface area contributed by atoms with Gasteiger partial charge in [-0.1, -0.05) is 25.3 Å². The van der Waals surface area contributed by atoms with Gasteiger partial charge in [0.2, 0.25) is 0 Å². The van der Waals surface area contributed by atoms with Gasteiger partial charge in [0, 0.05) is 6.04 Å². The molecule has 0 spiro atoms. The van der Waals surface area contributed by atoms with E-state index in [9.17, 15) is 0 Å². The van der Waals surface area contributed by atoms with Gasteiger partial charge < -0.3 is 0 Å². The maximum atomic E-state index is 5.51. The summed E-state index contributed by atoms with van der Waals surface area (Å²) in [5.41, 5.74) is 2.93. The fourth-order valence-electron chi connectivity index (χ4n) is 1.91. The van der Waals surface area contributed by atoms with Crippen molar-refractivity contribution in [2.75, 3.05) is 0 Å². The molecule has 2 nitrogen and oxygen atoms in total. The third kappa shape index (κ3) is 3.92. The third-order valence-corrected chi connectivity index (χ3v) is 3.04. The summed E-state index contributed by atoms with van der Waals surface area (Å²) in [6, 6.07) is 0.533. The lowest BCUT2D eigenvalue weighted by Gasteiger charge is -2.29. The average Bonchev–Trinajstić information content (AvgIpc) is 2.08. The van der Waals surface area contributed by atoms with E-state index in [2.05, 4.69) is 12.0 Å². The van der Waals surface area contributed by atoms with Gasteiger partial charge in [-0.25, -0.2) is 0 Å². The van der Waals surface area contributed by atoms with Gasteiger partial charge in [0.1, 0.15) is 0 Å². The highest BCUT2D eigenvalue weighted by atomic mass is 15.2. The van der Waals surface area contributed by atoms with E-state index in [-0.39, 0.29) is 0 Å². The number of nitrogens with two attached hydrogens (primary N) is 1. The van der Waals surface area contributed by atoms with Crippen molar-refractivity contribution in [1.82, 2.24) is 5.43 Å². The van der Waals surface area contributed by atoms with E-state index in [1.54, 1.807) is 0 Å². The normalized spacial score (nSPS) is 19.5. The summed E-state index contributed by atoms with van der Waals surface area (Å²) in [5, 5.41) is 0. The number of unbranched alkanes of at least 4 members (excludes halogenated alkanes) is 1. The van der Waals surface area contributed by atoms with Crippen molar-refractivity contribution in [1.29, 1.82) is 0 Å². The Morgan fingerprint density at radius 2 is 2.31 bits per heavy atom. The first-order valence-corrected chi connectivity index (χ1v) is 5.44. The predicted molar refractivity (Wildman–Crippen MR) is 57.1 cm³/mol. The highest BCUT2D eigenvalue weighted by Crippen LogP contribution is 2.31. The molecule has 0 aromatic heterocycles. The van der Waals surface area contributed by atoms with Crippen LogP contribution in [0.4, 0.5) is 0 Å². The van der Waals surface area contributed by atoms with E-state index < -0.39 is 0 Å². The zero-order valence-corrected chi connectivity index (χ0v) is 8.47. The SMILES string of the molecule is C=CCCCC(CC1CCC1)NN. The zero-order chi connectivity index (χ0) is 9.52. The van der Waals surface area contributed by atoms with Crippen molar-refractivity contribution in [2.45, 2.75) is 51.0 Å². The maximum Gasteiger partial charge on any atom is 0.0213 e. The highest BCUT2D eigenvalue weighted by molar-refractivity contribution is 4.77. The number of hydrogen-bond acceptors (Lipinski definition) is 2. The average molecular weight is 182 g/mol. The molecule has 1 rings (SSSR count). The van der Waals surface area contributed by atoms with Crippen molar-refractivity contribution in [3.05, 3.63) is 12.7 Å². The van der Waals surface area contributed by atoms with Gasteiger partial charge in [-0.15, -0.1) is 6.58 Å². The van der Waals surface area contributed by atoms with Crippen LogP contribution in [0, 0.1) is 5.92 Å². The van der Waals surface area contributed by atoms with Gasteiger partial charge in [-0.05, 0) is 31.6 Å². The van der Waals surface area contributed by atoms with Gasteiger partial charge in [0.05, 0.1) is 0 Å². The largest absolute Gasteiger partial charge is 0.271 e. The number of hydrogen-bond donors (Lipinski definition) is 2. The summed E-state index contributed by atoms with van der Waals surface area (Å²) in [5.74, 6) is 6.46. The summed E-state index contributed by atoms with van der Waals surface area (Å²) >= 11 is 0. The van der Waals surface area contributed by atoms with Crippen LogP contribution in [-0.4, -0.2) is 6.04 Å². The molecule has 0 bridgehead atoms. The Labute approximate surface area is 81.6 Å². The second-order valence-electron chi connectivity index (χ2n) is 4.12. The molecule has 1 atom stereocenters. The standard InChI is InChI=1S/C11H22N2/c1-2-3-4-8-11(13-12)9-10-6-5-7-10/h2,10-11,13H,1,3-9,12H2. The maximum absolute atomic E-state index is 5.51. The highest BCUT2D eigenvalue weighted by Gasteiger charge is 2.20. The molecule has 0 amide bonds. The van der Waals surface area contributed by atoms with E-state index in [0.29, 0.717) is 6.04 Å². The second-order valence-corrected chi connectivity index (χ2v) is 4.12. The lowest BCUT2D eigenvalue weighted by molar-refractivity contribution is 0.253. The van der Waals surface area contributed by atoms with Crippen LogP contribution >= 0.6 is 0 Å². The van der Waals surface area contributed by atoms with Crippen LogP contribution in [0.25, 0.3) is 0 Å². The monoisotopic (exact) mass is 182 g/mol. The number of allylic oxidation sites excluding steroid dienone is 1. The molecule has 76 valence electrons. The van der Waals surface area contributed by atoms with Crippen molar-refractivity contribution < 1.29 is 0 Å². The van der Waals surface area contributed by atoms with Crippen LogP contribution in [0.2, 0.25) is 0 Å². The lowest BCUT2D eigenvalue weighted by Crippen LogP contribution is -2.37. The molecule has 13 heavy (non-hydrogen) atoms. The van der Waals surface area contributed by atoms with E-state index in [0.717, 1.165) is 12.3 Å². The molecule has 1 saturated carbocycles. The first-order chi connectivity index (χ1) is 6.36. The van der Waals surface area contributed by atoms with Crippen LogP contribution in [0.1, 0.15) is 44.9 Å². The number of hydrazine groups is 1. The summed E-state index contributed by atoms with van der Waals surface area (Å²) < 4.78 is 0. The van der Waals surface area contributed by atoms with Crippen LogP contribution < -0.4 is 11.3 Å². The van der Waals surface area contributed by atoms with E-state index in [1.165, 1.54) is 38.5 Å². The quantitative estimate of drug-likeness (QED) is 0.274. The first-order valence-electron chi connectivity index (χ1n) is 5.44. The van der Waals surface area contributed by atoms with Crippen LogP contribution in [0.3, 0.4) is 0 Å². The Morgan fingerprint density at radius 1 is 1.54 bits per heavy atom. The summed E-state index contributed by atoms with van der Waals surface area (Å²) in [7, 11) is 0. The lowest BCUT2D eigenvalue weighted by atomic mass is 9.80. The molecular formula is C11H22N2. The van der Waals surface area contributed by atoms with Gasteiger partial charge in [-0.2, -0.15) is 0 Å². The molecule has 1 aliphatic rings. The van der Waals surface area contributed by atoms with E-state index in [4.69, 9.17) is 5.84 Å². The van der Waals surface area contributed by atoms with Gasteiger partial charge >= 0.3 is 0 Å². The third-order valence-electron chi connectivity index (χ3n) is 3.04. The van der Waals surface area contributed by atoms with Crippen molar-refractivity contribution in [3.63, 3.8) is 0 Å². The Bertz CT molecular complexity index is 141. The molecular weight excluding hydrogens is 160 g/mol. The molecule has 0 aromatic carbocycles. The Hall–Kier alpha value is -0.340. The minimum absolute atomic E-state index is 0.533. The minimum atomic E-state index is 0.533. The molecule has 0 aromatic rings. The predicted octanol–water partition coefficient (Wildman–Crippen LogP) is 2.36. The molecule has 3 N–H and O–H groups in total. The van der Waals surface area contributed by atoms with Crippen molar-refractivity contribution in [2.24, 2.45) is 11.8 Å². The van der Waals surface area contributed by atoms with Crippen LogP contribution in [-0.2, 0) is 0 Å². The first kappa shape index (κ1) is 10.7. The molecule has 0 heterocycles. The summed E-state index contributed by atoms with van der Waals surface area (Å²) in [4.78, 5) is 0. The van der Waals surface area contributed by atoms with Gasteiger partial charge in [-0.3, -0.25) is 11.3 Å². The van der Waals surface area contributed by atoms with E-state index >= 15 is 0 Å². The second kappa shape index (κ2) is 6.17. The topological polar surface area (TPSA) is 38.0 Å². The van der Waals surface area contributed by atoms with E-state index in [1.807, 2.05) is 6.08 Å². The van der Waals surface area contributed by atoms with Crippen LogP contribution in [0.5, 0.6) is 0 Å². The molecule has 2 heteroatoms. The minimum Gasteiger partial charge on any atom is -0.271 e. The molecule has 0 radical (unpaired) electrons. The molecule has 1 unspecified atom stereocenters. The zero-order valence-electron chi connectivity index (χ0n) is 8.47. The summed E-state index contributed by atoms with van der Waals surface area (Å²) in [6.45, 7) is 3.72. The smallest absolute Gasteiger partial charge is 0.0213 e. The summed E-state index contributed by atoms with van der Waals surface area (Å²) in [6.07, 6.45) is 11.0.